The first-order chi connectivity index (χ1) is 11.8. The third kappa shape index (κ3) is 5.41. The number of benzene rings is 1. The van der Waals surface area contributed by atoms with Crippen LogP contribution in [0, 0.1) is 0 Å². The van der Waals surface area contributed by atoms with Crippen LogP contribution in [0.1, 0.15) is 34.6 Å². The van der Waals surface area contributed by atoms with Gasteiger partial charge in [-0.1, -0.05) is 0 Å². The summed E-state index contributed by atoms with van der Waals surface area (Å²) in [6, 6.07) is 3.88. The molecule has 0 unspecified atom stereocenters. The van der Waals surface area contributed by atoms with Crippen molar-refractivity contribution in [1.29, 1.82) is 0 Å². The van der Waals surface area contributed by atoms with Gasteiger partial charge in [-0.05, 0) is 32.0 Å². The number of carbonyl (C=O) groups excluding carboxylic acids is 3. The number of carbonyl (C=O) groups is 3. The maximum absolute atomic E-state index is 11.7. The van der Waals surface area contributed by atoms with Gasteiger partial charge in [0.25, 0.3) is 0 Å². The van der Waals surface area contributed by atoms with Gasteiger partial charge in [0.15, 0.2) is 0 Å². The Morgan fingerprint density at radius 3 is 1.96 bits per heavy atom. The lowest BCUT2D eigenvalue weighted by Gasteiger charge is -2.05. The monoisotopic (exact) mass is 350 g/mol. The zero-order valence-electron chi connectivity index (χ0n) is 14.2. The molecule has 0 saturated carbocycles. The van der Waals surface area contributed by atoms with E-state index >= 15 is 0 Å². The highest BCUT2D eigenvalue weighted by atomic mass is 16.5. The van der Waals surface area contributed by atoms with Gasteiger partial charge < -0.3 is 19.3 Å². The van der Waals surface area contributed by atoms with Crippen molar-refractivity contribution in [2.45, 2.75) is 13.8 Å². The molecule has 0 aromatic heterocycles. The van der Waals surface area contributed by atoms with Crippen LogP contribution in [-0.2, 0) is 19.0 Å². The Hall–Kier alpha value is -3.23. The van der Waals surface area contributed by atoms with Crippen LogP contribution in [-0.4, -0.2) is 43.8 Å². The van der Waals surface area contributed by atoms with Gasteiger partial charge >= 0.3 is 17.9 Å². The van der Waals surface area contributed by atoms with Crippen LogP contribution < -0.4 is 0 Å². The molecule has 25 heavy (non-hydrogen) atoms. The lowest BCUT2D eigenvalue weighted by Crippen LogP contribution is -2.08. The third-order valence-electron chi connectivity index (χ3n) is 2.84. The number of allylic oxidation sites excluding steroid dienone is 1. The molecule has 9 nitrogen and oxygen atoms in total. The molecule has 1 aromatic rings. The summed E-state index contributed by atoms with van der Waals surface area (Å²) in [6.07, 6.45) is 0. The van der Waals surface area contributed by atoms with Crippen LogP contribution in [0.3, 0.4) is 0 Å². The topological polar surface area (TPSA) is 124 Å². The van der Waals surface area contributed by atoms with E-state index in [2.05, 4.69) is 19.7 Å². The van der Waals surface area contributed by atoms with Crippen molar-refractivity contribution in [2.24, 2.45) is 10.2 Å². The Labute approximate surface area is 143 Å². The van der Waals surface area contributed by atoms with Crippen LogP contribution in [0.15, 0.2) is 39.9 Å². The van der Waals surface area contributed by atoms with Gasteiger partial charge in [0.2, 0.25) is 5.70 Å². The molecule has 1 N–H and O–H groups in total. The highest BCUT2D eigenvalue weighted by molar-refractivity contribution is 5.96. The molecular weight excluding hydrogens is 332 g/mol. The number of azo groups is 1. The SMILES string of the molecule is CCOC(=O)/C(N=Nc1cc(C(=O)OC)cc(C(=O)OC)c1)=C(\C)O. The van der Waals surface area contributed by atoms with Crippen molar-refractivity contribution in [3.8, 4) is 0 Å². The molecule has 0 bridgehead atoms. The summed E-state index contributed by atoms with van der Waals surface area (Å²) in [4.78, 5) is 35.1. The number of hydrogen-bond acceptors (Lipinski definition) is 9. The molecular formula is C16H18N2O7. The molecule has 0 atom stereocenters. The number of aliphatic hydroxyl groups is 1. The fourth-order valence-electron chi connectivity index (χ4n) is 1.71. The van der Waals surface area contributed by atoms with Crippen molar-refractivity contribution < 1.29 is 33.7 Å². The van der Waals surface area contributed by atoms with Crippen molar-refractivity contribution >= 4 is 23.6 Å². The van der Waals surface area contributed by atoms with E-state index in [0.717, 1.165) is 0 Å². The predicted octanol–water partition coefficient (Wildman–Crippen LogP) is 2.70. The molecule has 0 saturated heterocycles. The van der Waals surface area contributed by atoms with Gasteiger partial charge in [0.1, 0.15) is 5.76 Å². The summed E-state index contributed by atoms with van der Waals surface area (Å²) in [5.41, 5.74) is -0.236. The second-order valence-corrected chi connectivity index (χ2v) is 4.61. The third-order valence-corrected chi connectivity index (χ3v) is 2.84. The van der Waals surface area contributed by atoms with Gasteiger partial charge in [-0.25, -0.2) is 14.4 Å². The number of hydrogen-bond donors (Lipinski definition) is 1. The predicted molar refractivity (Wildman–Crippen MR) is 85.6 cm³/mol. The summed E-state index contributed by atoms with van der Waals surface area (Å²) in [6.45, 7) is 2.94. The zero-order chi connectivity index (χ0) is 19.0. The van der Waals surface area contributed by atoms with Crippen LogP contribution in [0.2, 0.25) is 0 Å². The molecule has 0 aliphatic rings. The molecule has 0 fully saturated rings. The summed E-state index contributed by atoms with van der Waals surface area (Å²) >= 11 is 0. The minimum atomic E-state index is -0.858. The Morgan fingerprint density at radius 2 is 1.56 bits per heavy atom. The lowest BCUT2D eigenvalue weighted by atomic mass is 10.1. The highest BCUT2D eigenvalue weighted by Crippen LogP contribution is 2.21. The number of rotatable bonds is 6. The maximum Gasteiger partial charge on any atom is 0.362 e. The quantitative estimate of drug-likeness (QED) is 0.275. The minimum absolute atomic E-state index is 0.0433. The number of ether oxygens (including phenoxy) is 3. The van der Waals surface area contributed by atoms with Crippen molar-refractivity contribution in [3.63, 3.8) is 0 Å². The Morgan fingerprint density at radius 1 is 1.04 bits per heavy atom. The second-order valence-electron chi connectivity index (χ2n) is 4.61. The number of esters is 3. The molecule has 9 heteroatoms. The zero-order valence-corrected chi connectivity index (χ0v) is 14.2. The normalized spacial score (nSPS) is 11.7. The first kappa shape index (κ1) is 19.8. The molecule has 0 aliphatic heterocycles. The average molecular weight is 350 g/mol. The second kappa shape index (κ2) is 9.16. The molecule has 0 spiro atoms. The standard InChI is InChI=1S/C16H18N2O7/c1-5-25-16(22)13(9(2)19)18-17-12-7-10(14(20)23-3)6-11(8-12)15(21)24-4/h6-8,19H,5H2,1-4H3/b13-9-,18-17?. The van der Waals surface area contributed by atoms with Gasteiger partial charge in [-0.15, -0.1) is 5.11 Å². The minimum Gasteiger partial charge on any atom is -0.510 e. The average Bonchev–Trinajstić information content (AvgIpc) is 2.60. The van der Waals surface area contributed by atoms with Crippen LogP contribution in [0.4, 0.5) is 5.69 Å². The van der Waals surface area contributed by atoms with Gasteiger partial charge in [0, 0.05) is 0 Å². The van der Waals surface area contributed by atoms with E-state index in [-0.39, 0.29) is 29.2 Å². The fraction of sp³-hybridized carbons (Fsp3) is 0.312. The fourth-order valence-corrected chi connectivity index (χ4v) is 1.71. The first-order valence-corrected chi connectivity index (χ1v) is 7.14. The van der Waals surface area contributed by atoms with Gasteiger partial charge in [-0.3, -0.25) is 0 Å². The van der Waals surface area contributed by atoms with Crippen LogP contribution >= 0.6 is 0 Å². The molecule has 0 aliphatic carbocycles. The number of aliphatic hydroxyl groups excluding tert-OH is 1. The van der Waals surface area contributed by atoms with Crippen LogP contribution in [0.25, 0.3) is 0 Å². The smallest absolute Gasteiger partial charge is 0.362 e. The van der Waals surface area contributed by atoms with E-state index in [1.54, 1.807) is 6.92 Å². The van der Waals surface area contributed by atoms with E-state index in [0.29, 0.717) is 0 Å². The number of nitrogens with zero attached hydrogens (tertiary/aromatic N) is 2. The summed E-state index contributed by atoms with van der Waals surface area (Å²) in [7, 11) is 2.37. The molecule has 1 rings (SSSR count). The van der Waals surface area contributed by atoms with Crippen molar-refractivity contribution in [2.75, 3.05) is 20.8 Å². The summed E-state index contributed by atoms with van der Waals surface area (Å²) in [5, 5.41) is 16.9. The molecule has 134 valence electrons. The van der Waals surface area contributed by atoms with Crippen molar-refractivity contribution in [3.05, 3.63) is 40.8 Å². The van der Waals surface area contributed by atoms with E-state index in [4.69, 9.17) is 4.74 Å². The van der Waals surface area contributed by atoms with Gasteiger partial charge in [0.05, 0.1) is 37.6 Å². The highest BCUT2D eigenvalue weighted by Gasteiger charge is 2.16. The van der Waals surface area contributed by atoms with Gasteiger partial charge in [-0.2, -0.15) is 5.11 Å². The molecule has 1 aromatic carbocycles. The van der Waals surface area contributed by atoms with E-state index in [1.165, 1.54) is 39.3 Å². The molecule has 0 radical (unpaired) electrons. The summed E-state index contributed by atoms with van der Waals surface area (Å²) in [5.74, 6) is -2.63. The summed E-state index contributed by atoms with van der Waals surface area (Å²) < 4.78 is 14.0. The van der Waals surface area contributed by atoms with Crippen LogP contribution in [0.5, 0.6) is 0 Å². The Kier molecular flexibility index (Phi) is 7.26. The van der Waals surface area contributed by atoms with E-state index < -0.39 is 23.6 Å². The lowest BCUT2D eigenvalue weighted by molar-refractivity contribution is -0.138. The Bertz CT molecular complexity index is 700. The molecule has 0 heterocycles. The maximum atomic E-state index is 11.7. The van der Waals surface area contributed by atoms with E-state index in [1.807, 2.05) is 0 Å². The van der Waals surface area contributed by atoms with E-state index in [9.17, 15) is 19.5 Å². The Balaban J connectivity index is 3.31. The first-order valence-electron chi connectivity index (χ1n) is 7.14. The molecule has 0 amide bonds. The largest absolute Gasteiger partial charge is 0.510 e. The number of methoxy groups -OCH3 is 2. The van der Waals surface area contributed by atoms with Crippen molar-refractivity contribution in [1.82, 2.24) is 0 Å².